The fourth-order valence-electron chi connectivity index (χ4n) is 3.49. The Bertz CT molecular complexity index is 374. The SMILES string of the molecule is COCC1(C(=O)N2CCCC(CC(N)=O)C2)CCOCC1. The van der Waals surface area contributed by atoms with Crippen LogP contribution in [0.3, 0.4) is 0 Å². The highest BCUT2D eigenvalue weighted by atomic mass is 16.5. The van der Waals surface area contributed by atoms with Crippen molar-refractivity contribution in [3.8, 4) is 0 Å². The highest BCUT2D eigenvalue weighted by molar-refractivity contribution is 5.83. The first-order valence-corrected chi connectivity index (χ1v) is 7.72. The molecule has 120 valence electrons. The number of methoxy groups -OCH3 is 1. The summed E-state index contributed by atoms with van der Waals surface area (Å²) >= 11 is 0. The van der Waals surface area contributed by atoms with Gasteiger partial charge in [0.05, 0.1) is 12.0 Å². The van der Waals surface area contributed by atoms with Gasteiger partial charge in [-0.05, 0) is 31.6 Å². The smallest absolute Gasteiger partial charge is 0.231 e. The van der Waals surface area contributed by atoms with Crippen LogP contribution in [0.25, 0.3) is 0 Å². The van der Waals surface area contributed by atoms with E-state index in [0.29, 0.717) is 45.6 Å². The lowest BCUT2D eigenvalue weighted by atomic mass is 9.78. The summed E-state index contributed by atoms with van der Waals surface area (Å²) in [4.78, 5) is 26.0. The van der Waals surface area contributed by atoms with E-state index >= 15 is 0 Å². The number of carbonyl (C=O) groups excluding carboxylic acids is 2. The van der Waals surface area contributed by atoms with Gasteiger partial charge in [0.25, 0.3) is 0 Å². The molecule has 0 bridgehead atoms. The molecule has 2 saturated heterocycles. The van der Waals surface area contributed by atoms with Crippen molar-refractivity contribution in [2.45, 2.75) is 32.1 Å². The molecular weight excluding hydrogens is 272 g/mol. The first kappa shape index (κ1) is 16.2. The normalized spacial score (nSPS) is 25.6. The zero-order valence-electron chi connectivity index (χ0n) is 12.8. The Morgan fingerprint density at radius 2 is 2.10 bits per heavy atom. The Kier molecular flexibility index (Phi) is 5.58. The number of carbonyl (C=O) groups is 2. The van der Waals surface area contributed by atoms with Crippen molar-refractivity contribution in [1.29, 1.82) is 0 Å². The van der Waals surface area contributed by atoms with Crippen LogP contribution in [0, 0.1) is 11.3 Å². The Morgan fingerprint density at radius 1 is 1.38 bits per heavy atom. The van der Waals surface area contributed by atoms with Gasteiger partial charge in [-0.25, -0.2) is 0 Å². The molecule has 6 nitrogen and oxygen atoms in total. The monoisotopic (exact) mass is 298 g/mol. The van der Waals surface area contributed by atoms with E-state index in [2.05, 4.69) is 0 Å². The third-order valence-electron chi connectivity index (χ3n) is 4.62. The van der Waals surface area contributed by atoms with E-state index < -0.39 is 5.41 Å². The fourth-order valence-corrected chi connectivity index (χ4v) is 3.49. The Hall–Kier alpha value is -1.14. The van der Waals surface area contributed by atoms with Crippen molar-refractivity contribution in [2.75, 3.05) is 40.0 Å². The Balaban J connectivity index is 2.03. The maximum atomic E-state index is 13.0. The van der Waals surface area contributed by atoms with E-state index in [1.165, 1.54) is 0 Å². The topological polar surface area (TPSA) is 81.9 Å². The van der Waals surface area contributed by atoms with Crippen molar-refractivity contribution < 1.29 is 19.1 Å². The third kappa shape index (κ3) is 3.95. The zero-order chi connectivity index (χ0) is 15.3. The van der Waals surface area contributed by atoms with Gasteiger partial charge in [0.1, 0.15) is 0 Å². The van der Waals surface area contributed by atoms with Crippen LogP contribution in [0.1, 0.15) is 32.1 Å². The first-order chi connectivity index (χ1) is 10.1. The summed E-state index contributed by atoms with van der Waals surface area (Å²) in [5.74, 6) is 0.0634. The van der Waals surface area contributed by atoms with Gasteiger partial charge in [-0.15, -0.1) is 0 Å². The molecule has 0 aromatic rings. The number of rotatable bonds is 5. The molecule has 2 aliphatic rings. The molecular formula is C15H26N2O4. The van der Waals surface area contributed by atoms with Crippen LogP contribution in [0.5, 0.6) is 0 Å². The quantitative estimate of drug-likeness (QED) is 0.803. The zero-order valence-corrected chi connectivity index (χ0v) is 12.8. The maximum Gasteiger partial charge on any atom is 0.231 e. The molecule has 0 radical (unpaired) electrons. The molecule has 2 aliphatic heterocycles. The minimum atomic E-state index is -0.457. The number of hydrogen-bond acceptors (Lipinski definition) is 4. The largest absolute Gasteiger partial charge is 0.384 e. The second-order valence-corrected chi connectivity index (χ2v) is 6.26. The van der Waals surface area contributed by atoms with Gasteiger partial charge in [0.15, 0.2) is 0 Å². The summed E-state index contributed by atoms with van der Waals surface area (Å²) in [6.07, 6.45) is 3.67. The number of amides is 2. The summed E-state index contributed by atoms with van der Waals surface area (Å²) in [5.41, 5.74) is 4.83. The molecule has 1 unspecified atom stereocenters. The van der Waals surface area contributed by atoms with E-state index in [1.807, 2.05) is 4.90 Å². The number of likely N-dealkylation sites (tertiary alicyclic amines) is 1. The second-order valence-electron chi connectivity index (χ2n) is 6.26. The molecule has 2 N–H and O–H groups in total. The summed E-state index contributed by atoms with van der Waals surface area (Å²) < 4.78 is 10.7. The third-order valence-corrected chi connectivity index (χ3v) is 4.62. The van der Waals surface area contributed by atoms with Crippen LogP contribution < -0.4 is 5.73 Å². The highest BCUT2D eigenvalue weighted by Gasteiger charge is 2.43. The molecule has 1 atom stereocenters. The van der Waals surface area contributed by atoms with Gasteiger partial charge >= 0.3 is 0 Å². The van der Waals surface area contributed by atoms with Crippen LogP contribution in [-0.4, -0.2) is 56.7 Å². The van der Waals surface area contributed by atoms with Crippen molar-refractivity contribution in [2.24, 2.45) is 17.1 Å². The summed E-state index contributed by atoms with van der Waals surface area (Å²) in [5, 5.41) is 0. The maximum absolute atomic E-state index is 13.0. The second kappa shape index (κ2) is 7.22. The van der Waals surface area contributed by atoms with Crippen LogP contribution >= 0.6 is 0 Å². The molecule has 0 aliphatic carbocycles. The summed E-state index contributed by atoms with van der Waals surface area (Å²) in [7, 11) is 1.64. The minimum absolute atomic E-state index is 0.154. The predicted molar refractivity (Wildman–Crippen MR) is 77.5 cm³/mol. The molecule has 2 rings (SSSR count). The van der Waals surface area contributed by atoms with Gasteiger partial charge < -0.3 is 20.1 Å². The lowest BCUT2D eigenvalue weighted by molar-refractivity contribution is -0.154. The van der Waals surface area contributed by atoms with Crippen LogP contribution in [0.2, 0.25) is 0 Å². The van der Waals surface area contributed by atoms with Crippen LogP contribution in [0.15, 0.2) is 0 Å². The van der Waals surface area contributed by atoms with Crippen molar-refractivity contribution in [1.82, 2.24) is 4.90 Å². The van der Waals surface area contributed by atoms with Gasteiger partial charge in [-0.2, -0.15) is 0 Å². The predicted octanol–water partition coefficient (Wildman–Crippen LogP) is 0.544. The van der Waals surface area contributed by atoms with E-state index in [9.17, 15) is 9.59 Å². The Morgan fingerprint density at radius 3 is 2.71 bits per heavy atom. The van der Waals surface area contributed by atoms with Crippen molar-refractivity contribution in [3.63, 3.8) is 0 Å². The van der Waals surface area contributed by atoms with Crippen LogP contribution in [-0.2, 0) is 19.1 Å². The van der Waals surface area contributed by atoms with Crippen molar-refractivity contribution in [3.05, 3.63) is 0 Å². The molecule has 0 saturated carbocycles. The summed E-state index contributed by atoms with van der Waals surface area (Å²) in [6.45, 7) is 3.04. The average Bonchev–Trinajstić information content (AvgIpc) is 2.47. The molecule has 0 aromatic carbocycles. The number of hydrogen-bond donors (Lipinski definition) is 1. The first-order valence-electron chi connectivity index (χ1n) is 7.72. The van der Waals surface area contributed by atoms with Crippen LogP contribution in [0.4, 0.5) is 0 Å². The number of primary amides is 1. The van der Waals surface area contributed by atoms with E-state index in [-0.39, 0.29) is 17.7 Å². The molecule has 2 amide bonds. The number of ether oxygens (including phenoxy) is 2. The molecule has 0 spiro atoms. The molecule has 0 aromatic heterocycles. The molecule has 2 heterocycles. The van der Waals surface area contributed by atoms with Gasteiger partial charge in [0.2, 0.25) is 11.8 Å². The van der Waals surface area contributed by atoms with Gasteiger partial charge in [-0.1, -0.05) is 0 Å². The minimum Gasteiger partial charge on any atom is -0.384 e. The average molecular weight is 298 g/mol. The summed E-state index contributed by atoms with van der Waals surface area (Å²) in [6, 6.07) is 0. The molecule has 21 heavy (non-hydrogen) atoms. The van der Waals surface area contributed by atoms with E-state index in [4.69, 9.17) is 15.2 Å². The van der Waals surface area contributed by atoms with Gasteiger partial charge in [0, 0.05) is 39.8 Å². The Labute approximate surface area is 125 Å². The van der Waals surface area contributed by atoms with E-state index in [0.717, 1.165) is 19.4 Å². The molecule has 6 heteroatoms. The standard InChI is InChI=1S/C15H26N2O4/c1-20-11-15(4-7-21-8-5-15)14(19)17-6-2-3-12(10-17)9-13(16)18/h12H,2-11H2,1H3,(H2,16,18). The lowest BCUT2D eigenvalue weighted by Crippen LogP contribution is -2.52. The number of piperidine rings is 1. The van der Waals surface area contributed by atoms with Gasteiger partial charge in [-0.3, -0.25) is 9.59 Å². The van der Waals surface area contributed by atoms with E-state index in [1.54, 1.807) is 7.11 Å². The van der Waals surface area contributed by atoms with Crippen molar-refractivity contribution >= 4 is 11.8 Å². The molecule has 2 fully saturated rings. The lowest BCUT2D eigenvalue weighted by Gasteiger charge is -2.42. The highest BCUT2D eigenvalue weighted by Crippen LogP contribution is 2.34. The number of nitrogens with zero attached hydrogens (tertiary/aromatic N) is 1. The fraction of sp³-hybridized carbons (Fsp3) is 0.867. The number of nitrogens with two attached hydrogens (primary N) is 1.